The zero-order valence-electron chi connectivity index (χ0n) is 14.9. The van der Waals surface area contributed by atoms with Gasteiger partial charge in [0, 0.05) is 5.92 Å². The van der Waals surface area contributed by atoms with Crippen LogP contribution in [-0.2, 0) is 4.79 Å². The molecule has 1 saturated carbocycles. The van der Waals surface area contributed by atoms with Crippen molar-refractivity contribution in [1.29, 1.82) is 0 Å². The van der Waals surface area contributed by atoms with E-state index in [9.17, 15) is 14.0 Å². The molecule has 1 aliphatic carbocycles. The molecule has 0 spiro atoms. The monoisotopic (exact) mass is 368 g/mol. The summed E-state index contributed by atoms with van der Waals surface area (Å²) in [5.41, 5.74) is 3.20. The number of rotatable bonds is 5. The fourth-order valence-electron chi connectivity index (χ4n) is 3.04. The minimum absolute atomic E-state index is 0.0404. The van der Waals surface area contributed by atoms with Crippen molar-refractivity contribution in [3.05, 3.63) is 65.5 Å². The molecule has 27 heavy (non-hydrogen) atoms. The number of halogens is 1. The topological polar surface area (TPSA) is 67.8 Å². The summed E-state index contributed by atoms with van der Waals surface area (Å²) in [6, 6.07) is 12.2. The Morgan fingerprint density at radius 3 is 2.44 bits per heavy atom. The number of carbonyl (C=O) groups excluding carboxylic acids is 2. The minimum atomic E-state index is -0.755. The van der Waals surface area contributed by atoms with Gasteiger partial charge >= 0.3 is 5.97 Å². The van der Waals surface area contributed by atoms with E-state index in [1.54, 1.807) is 30.3 Å². The van der Waals surface area contributed by atoms with E-state index >= 15 is 0 Å². The molecular formula is C21H21FN2O3. The molecule has 1 aliphatic rings. The first-order chi connectivity index (χ1) is 13.1. The van der Waals surface area contributed by atoms with E-state index < -0.39 is 11.8 Å². The molecule has 0 aliphatic heterocycles. The summed E-state index contributed by atoms with van der Waals surface area (Å²) in [5, 5.41) is 3.98. The van der Waals surface area contributed by atoms with Crippen LogP contribution in [0.25, 0.3) is 0 Å². The molecule has 2 aromatic rings. The van der Waals surface area contributed by atoms with E-state index in [0.29, 0.717) is 5.75 Å². The maximum Gasteiger partial charge on any atom is 0.346 e. The standard InChI is InChI=1S/C21H21FN2O3/c22-19-9-5-4-8-18(19)21(26)27-17-12-10-15(11-13-17)14-23-24-20(25)16-6-2-1-3-7-16/h4-5,8-14,16H,1-3,6-7H2,(H,24,25)/b23-14+. The van der Waals surface area contributed by atoms with Crippen molar-refractivity contribution >= 4 is 18.1 Å². The van der Waals surface area contributed by atoms with Gasteiger partial charge in [-0.05, 0) is 54.8 Å². The molecule has 0 saturated heterocycles. The van der Waals surface area contributed by atoms with Crippen LogP contribution in [0.3, 0.4) is 0 Å². The van der Waals surface area contributed by atoms with Gasteiger partial charge in [-0.15, -0.1) is 0 Å². The summed E-state index contributed by atoms with van der Waals surface area (Å²) in [7, 11) is 0. The van der Waals surface area contributed by atoms with Crippen molar-refractivity contribution in [3.8, 4) is 5.75 Å². The molecule has 1 fully saturated rings. The summed E-state index contributed by atoms with van der Waals surface area (Å²) >= 11 is 0. The van der Waals surface area contributed by atoms with Gasteiger partial charge in [0.15, 0.2) is 0 Å². The number of amides is 1. The summed E-state index contributed by atoms with van der Waals surface area (Å²) in [6.45, 7) is 0. The van der Waals surface area contributed by atoms with Crippen LogP contribution in [0.2, 0.25) is 0 Å². The average Bonchev–Trinajstić information content (AvgIpc) is 2.70. The minimum Gasteiger partial charge on any atom is -0.423 e. The van der Waals surface area contributed by atoms with Crippen molar-refractivity contribution in [3.63, 3.8) is 0 Å². The fourth-order valence-corrected chi connectivity index (χ4v) is 3.04. The molecular weight excluding hydrogens is 347 g/mol. The molecule has 5 nitrogen and oxygen atoms in total. The predicted molar refractivity (Wildman–Crippen MR) is 100 cm³/mol. The Balaban J connectivity index is 1.53. The Morgan fingerprint density at radius 1 is 1.04 bits per heavy atom. The van der Waals surface area contributed by atoms with Gasteiger partial charge in [-0.25, -0.2) is 14.6 Å². The number of hydrazone groups is 1. The number of ether oxygens (including phenoxy) is 1. The summed E-state index contributed by atoms with van der Waals surface area (Å²) in [5.74, 6) is -1.07. The van der Waals surface area contributed by atoms with E-state index in [1.165, 1.54) is 30.8 Å². The molecule has 1 amide bonds. The Labute approximate surface area is 157 Å². The largest absolute Gasteiger partial charge is 0.423 e. The molecule has 1 N–H and O–H groups in total. The van der Waals surface area contributed by atoms with E-state index in [2.05, 4.69) is 10.5 Å². The Kier molecular flexibility index (Phi) is 6.30. The lowest BCUT2D eigenvalue weighted by Gasteiger charge is -2.19. The second kappa shape index (κ2) is 9.07. The summed E-state index contributed by atoms with van der Waals surface area (Å²) in [4.78, 5) is 24.0. The van der Waals surface area contributed by atoms with Gasteiger partial charge in [0.25, 0.3) is 0 Å². The molecule has 0 heterocycles. The van der Waals surface area contributed by atoms with Gasteiger partial charge in [-0.1, -0.05) is 31.4 Å². The van der Waals surface area contributed by atoms with Crippen molar-refractivity contribution in [2.75, 3.05) is 0 Å². The van der Waals surface area contributed by atoms with E-state index in [4.69, 9.17) is 4.74 Å². The normalized spacial score (nSPS) is 14.9. The van der Waals surface area contributed by atoms with Crippen LogP contribution in [0.5, 0.6) is 5.75 Å². The van der Waals surface area contributed by atoms with E-state index in [-0.39, 0.29) is 17.4 Å². The van der Waals surface area contributed by atoms with Gasteiger partial charge < -0.3 is 4.74 Å². The highest BCUT2D eigenvalue weighted by atomic mass is 19.1. The molecule has 2 aromatic carbocycles. The van der Waals surface area contributed by atoms with Crippen molar-refractivity contribution < 1.29 is 18.7 Å². The number of nitrogens with one attached hydrogen (secondary N) is 1. The quantitative estimate of drug-likeness (QED) is 0.374. The van der Waals surface area contributed by atoms with Crippen LogP contribution >= 0.6 is 0 Å². The smallest absolute Gasteiger partial charge is 0.346 e. The zero-order valence-corrected chi connectivity index (χ0v) is 14.9. The second-order valence-corrected chi connectivity index (χ2v) is 6.51. The number of hydrogen-bond donors (Lipinski definition) is 1. The number of nitrogens with zero attached hydrogens (tertiary/aromatic N) is 1. The maximum atomic E-state index is 13.6. The highest BCUT2D eigenvalue weighted by Crippen LogP contribution is 2.23. The highest BCUT2D eigenvalue weighted by Gasteiger charge is 2.20. The SMILES string of the molecule is O=C(Oc1ccc(/C=N/NC(=O)C2CCCCC2)cc1)c1ccccc1F. The average molecular weight is 368 g/mol. The first kappa shape index (κ1) is 18.8. The maximum absolute atomic E-state index is 13.6. The van der Waals surface area contributed by atoms with Gasteiger partial charge in [0.1, 0.15) is 11.6 Å². The van der Waals surface area contributed by atoms with Crippen molar-refractivity contribution in [1.82, 2.24) is 5.43 Å². The summed E-state index contributed by atoms with van der Waals surface area (Å²) in [6.07, 6.45) is 6.75. The number of esters is 1. The molecule has 3 rings (SSSR count). The van der Waals surface area contributed by atoms with Crippen LogP contribution in [-0.4, -0.2) is 18.1 Å². The summed E-state index contributed by atoms with van der Waals surface area (Å²) < 4.78 is 18.8. The number of carbonyl (C=O) groups is 2. The molecule has 0 radical (unpaired) electrons. The van der Waals surface area contributed by atoms with Crippen LogP contribution in [0, 0.1) is 11.7 Å². The van der Waals surface area contributed by atoms with Crippen LogP contribution in [0.4, 0.5) is 4.39 Å². The van der Waals surface area contributed by atoms with E-state index in [1.807, 2.05) is 0 Å². The van der Waals surface area contributed by atoms with Crippen molar-refractivity contribution in [2.24, 2.45) is 11.0 Å². The molecule has 0 aromatic heterocycles. The highest BCUT2D eigenvalue weighted by molar-refractivity contribution is 5.91. The molecule has 0 unspecified atom stereocenters. The lowest BCUT2D eigenvalue weighted by atomic mass is 9.89. The van der Waals surface area contributed by atoms with Crippen LogP contribution < -0.4 is 10.2 Å². The fraction of sp³-hybridized carbons (Fsp3) is 0.286. The number of hydrogen-bond acceptors (Lipinski definition) is 4. The first-order valence-electron chi connectivity index (χ1n) is 9.03. The zero-order chi connectivity index (χ0) is 19.1. The lowest BCUT2D eigenvalue weighted by Crippen LogP contribution is -2.28. The third-order valence-corrected chi connectivity index (χ3v) is 4.55. The van der Waals surface area contributed by atoms with E-state index in [0.717, 1.165) is 31.2 Å². The molecule has 0 bridgehead atoms. The molecule has 0 atom stereocenters. The predicted octanol–water partition coefficient (Wildman–Crippen LogP) is 4.08. The Hall–Kier alpha value is -3.02. The molecule has 140 valence electrons. The van der Waals surface area contributed by atoms with Gasteiger partial charge in [-0.3, -0.25) is 4.79 Å². The van der Waals surface area contributed by atoms with Crippen LogP contribution in [0.1, 0.15) is 48.0 Å². The first-order valence-corrected chi connectivity index (χ1v) is 9.03. The third kappa shape index (κ3) is 5.23. The lowest BCUT2D eigenvalue weighted by molar-refractivity contribution is -0.125. The van der Waals surface area contributed by atoms with Gasteiger partial charge in [0.05, 0.1) is 11.8 Å². The molecule has 6 heteroatoms. The van der Waals surface area contributed by atoms with Crippen LogP contribution in [0.15, 0.2) is 53.6 Å². The Bertz CT molecular complexity index is 828. The van der Waals surface area contributed by atoms with Gasteiger partial charge in [-0.2, -0.15) is 5.10 Å². The number of benzene rings is 2. The van der Waals surface area contributed by atoms with Crippen molar-refractivity contribution in [2.45, 2.75) is 32.1 Å². The Morgan fingerprint density at radius 2 is 1.74 bits per heavy atom. The van der Waals surface area contributed by atoms with Gasteiger partial charge in [0.2, 0.25) is 5.91 Å². The second-order valence-electron chi connectivity index (χ2n) is 6.51. The third-order valence-electron chi connectivity index (χ3n) is 4.55.